The van der Waals surface area contributed by atoms with E-state index < -0.39 is 11.0 Å². The Labute approximate surface area is 132 Å². The molecule has 1 N–H and O–H groups in total. The van der Waals surface area contributed by atoms with Crippen LogP contribution in [0.3, 0.4) is 0 Å². The Morgan fingerprint density at radius 1 is 1.48 bits per heavy atom. The maximum Gasteiger partial charge on any atom is 0.311 e. The maximum absolute atomic E-state index is 12.4. The molecule has 3 heterocycles. The Kier molecular flexibility index (Phi) is 4.22. The van der Waals surface area contributed by atoms with Gasteiger partial charge in [-0.15, -0.1) is 0 Å². The topological polar surface area (TPSA) is 102 Å². The van der Waals surface area contributed by atoms with E-state index in [4.69, 9.17) is 4.42 Å². The lowest BCUT2D eigenvalue weighted by Crippen LogP contribution is -2.43. The fraction of sp³-hybridized carbons (Fsp3) is 0.333. The molecule has 0 radical (unpaired) electrons. The number of furan rings is 1. The Morgan fingerprint density at radius 2 is 2.35 bits per heavy atom. The predicted octanol–water partition coefficient (Wildman–Crippen LogP) is 1.87. The number of anilines is 1. The third-order valence-corrected chi connectivity index (χ3v) is 3.81. The van der Waals surface area contributed by atoms with E-state index >= 15 is 0 Å². The SMILES string of the molecule is O=C(NCc1ccco1)[C@@H]1CCCN1c1ncccc1[N+](=O)[O-]. The Balaban J connectivity index is 1.75. The number of rotatable bonds is 5. The number of hydrogen-bond donors (Lipinski definition) is 1. The predicted molar refractivity (Wildman–Crippen MR) is 81.8 cm³/mol. The van der Waals surface area contributed by atoms with Crippen LogP contribution in [0, 0.1) is 10.1 Å². The maximum atomic E-state index is 12.4. The van der Waals surface area contributed by atoms with Gasteiger partial charge < -0.3 is 14.6 Å². The van der Waals surface area contributed by atoms with E-state index in [-0.39, 0.29) is 17.4 Å². The van der Waals surface area contributed by atoms with Crippen LogP contribution in [-0.2, 0) is 11.3 Å². The van der Waals surface area contributed by atoms with E-state index in [1.807, 2.05) is 0 Å². The van der Waals surface area contributed by atoms with Gasteiger partial charge in [0.25, 0.3) is 0 Å². The normalized spacial score (nSPS) is 17.2. The van der Waals surface area contributed by atoms with Gasteiger partial charge in [-0.05, 0) is 31.0 Å². The lowest BCUT2D eigenvalue weighted by Gasteiger charge is -2.24. The third kappa shape index (κ3) is 3.15. The van der Waals surface area contributed by atoms with Crippen molar-refractivity contribution in [3.05, 3.63) is 52.6 Å². The molecular weight excluding hydrogens is 300 g/mol. The Bertz CT molecular complexity index is 701. The molecule has 1 amide bonds. The lowest BCUT2D eigenvalue weighted by molar-refractivity contribution is -0.384. The summed E-state index contributed by atoms with van der Waals surface area (Å²) in [7, 11) is 0. The van der Waals surface area contributed by atoms with Gasteiger partial charge in [0.1, 0.15) is 11.8 Å². The Hall–Kier alpha value is -2.90. The van der Waals surface area contributed by atoms with Crippen LogP contribution < -0.4 is 10.2 Å². The summed E-state index contributed by atoms with van der Waals surface area (Å²) in [4.78, 5) is 28.9. The average Bonchev–Trinajstić information content (AvgIpc) is 3.24. The number of carbonyl (C=O) groups is 1. The minimum Gasteiger partial charge on any atom is -0.467 e. The van der Waals surface area contributed by atoms with Crippen molar-refractivity contribution in [2.45, 2.75) is 25.4 Å². The van der Waals surface area contributed by atoms with Crippen molar-refractivity contribution in [2.75, 3.05) is 11.4 Å². The highest BCUT2D eigenvalue weighted by Crippen LogP contribution is 2.31. The van der Waals surface area contributed by atoms with Crippen LogP contribution >= 0.6 is 0 Å². The summed E-state index contributed by atoms with van der Waals surface area (Å²) in [6.45, 7) is 0.858. The van der Waals surface area contributed by atoms with E-state index in [2.05, 4.69) is 10.3 Å². The van der Waals surface area contributed by atoms with Gasteiger partial charge in [0, 0.05) is 18.8 Å². The zero-order valence-corrected chi connectivity index (χ0v) is 12.3. The van der Waals surface area contributed by atoms with Gasteiger partial charge in [-0.1, -0.05) is 0 Å². The molecule has 0 saturated carbocycles. The molecule has 0 unspecified atom stereocenters. The number of amides is 1. The molecule has 0 bridgehead atoms. The molecule has 0 aliphatic carbocycles. The quantitative estimate of drug-likeness (QED) is 0.667. The van der Waals surface area contributed by atoms with E-state index in [9.17, 15) is 14.9 Å². The van der Waals surface area contributed by atoms with E-state index in [0.717, 1.165) is 6.42 Å². The molecule has 0 aromatic carbocycles. The van der Waals surface area contributed by atoms with Crippen LogP contribution in [0.15, 0.2) is 41.1 Å². The van der Waals surface area contributed by atoms with Gasteiger partial charge in [-0.3, -0.25) is 14.9 Å². The van der Waals surface area contributed by atoms with Crippen molar-refractivity contribution in [3.8, 4) is 0 Å². The van der Waals surface area contributed by atoms with Gasteiger partial charge in [0.05, 0.1) is 17.7 Å². The zero-order valence-electron chi connectivity index (χ0n) is 12.3. The number of nitrogens with one attached hydrogen (secondary N) is 1. The molecule has 8 heteroatoms. The fourth-order valence-electron chi connectivity index (χ4n) is 2.75. The summed E-state index contributed by atoms with van der Waals surface area (Å²) in [5, 5.41) is 14.0. The van der Waals surface area contributed by atoms with Crippen LogP contribution in [0.4, 0.5) is 11.5 Å². The number of pyridine rings is 1. The van der Waals surface area contributed by atoms with Crippen LogP contribution in [0.2, 0.25) is 0 Å². The minimum atomic E-state index is -0.474. The summed E-state index contributed by atoms with van der Waals surface area (Å²) >= 11 is 0. The van der Waals surface area contributed by atoms with E-state index in [0.29, 0.717) is 25.3 Å². The second-order valence-corrected chi connectivity index (χ2v) is 5.25. The first kappa shape index (κ1) is 15.0. The first-order valence-electron chi connectivity index (χ1n) is 7.33. The monoisotopic (exact) mass is 316 g/mol. The van der Waals surface area contributed by atoms with Crippen LogP contribution in [-0.4, -0.2) is 28.4 Å². The van der Waals surface area contributed by atoms with Gasteiger partial charge in [-0.2, -0.15) is 0 Å². The molecule has 1 saturated heterocycles. The molecule has 1 fully saturated rings. The van der Waals surface area contributed by atoms with Crippen LogP contribution in [0.25, 0.3) is 0 Å². The minimum absolute atomic E-state index is 0.0850. The van der Waals surface area contributed by atoms with Gasteiger partial charge in [0.15, 0.2) is 0 Å². The molecule has 0 spiro atoms. The number of carbonyl (C=O) groups excluding carboxylic acids is 1. The van der Waals surface area contributed by atoms with Crippen molar-refractivity contribution in [1.82, 2.24) is 10.3 Å². The standard InChI is InChI=1S/C15H16N4O4/c20-15(17-10-11-4-3-9-23-11)13-6-2-8-18(13)14-12(19(21)22)5-1-7-16-14/h1,3-5,7,9,13H,2,6,8,10H2,(H,17,20)/t13-/m0/s1. The highest BCUT2D eigenvalue weighted by Gasteiger charge is 2.35. The highest BCUT2D eigenvalue weighted by molar-refractivity contribution is 5.86. The first-order valence-corrected chi connectivity index (χ1v) is 7.33. The van der Waals surface area contributed by atoms with Crippen molar-refractivity contribution < 1.29 is 14.1 Å². The van der Waals surface area contributed by atoms with Gasteiger partial charge in [0.2, 0.25) is 11.7 Å². The van der Waals surface area contributed by atoms with Crippen molar-refractivity contribution in [3.63, 3.8) is 0 Å². The van der Waals surface area contributed by atoms with Gasteiger partial charge >= 0.3 is 5.69 Å². The molecule has 1 atom stereocenters. The number of aromatic nitrogens is 1. The molecule has 1 aliphatic rings. The molecule has 1 aliphatic heterocycles. The smallest absolute Gasteiger partial charge is 0.311 e. The van der Waals surface area contributed by atoms with Crippen molar-refractivity contribution >= 4 is 17.4 Å². The zero-order chi connectivity index (χ0) is 16.2. The molecule has 23 heavy (non-hydrogen) atoms. The fourth-order valence-corrected chi connectivity index (χ4v) is 2.75. The summed E-state index contributed by atoms with van der Waals surface area (Å²) in [6.07, 6.45) is 4.46. The Morgan fingerprint density at radius 3 is 3.09 bits per heavy atom. The highest BCUT2D eigenvalue weighted by atomic mass is 16.6. The van der Waals surface area contributed by atoms with Crippen molar-refractivity contribution in [2.24, 2.45) is 0 Å². The lowest BCUT2D eigenvalue weighted by atomic mass is 10.2. The number of hydrogen-bond acceptors (Lipinski definition) is 6. The molecule has 2 aromatic rings. The molecular formula is C15H16N4O4. The number of nitro groups is 1. The molecule has 120 valence electrons. The second kappa shape index (κ2) is 6.47. The molecule has 3 rings (SSSR count). The largest absolute Gasteiger partial charge is 0.467 e. The summed E-state index contributed by atoms with van der Waals surface area (Å²) < 4.78 is 5.18. The molecule has 8 nitrogen and oxygen atoms in total. The second-order valence-electron chi connectivity index (χ2n) is 5.25. The third-order valence-electron chi connectivity index (χ3n) is 3.81. The first-order chi connectivity index (χ1) is 11.2. The summed E-state index contributed by atoms with van der Waals surface area (Å²) in [5.74, 6) is 0.721. The molecule has 2 aromatic heterocycles. The van der Waals surface area contributed by atoms with Crippen LogP contribution in [0.1, 0.15) is 18.6 Å². The van der Waals surface area contributed by atoms with Crippen molar-refractivity contribution in [1.29, 1.82) is 0 Å². The van der Waals surface area contributed by atoms with E-state index in [1.165, 1.54) is 18.3 Å². The van der Waals surface area contributed by atoms with E-state index in [1.54, 1.807) is 23.3 Å². The average molecular weight is 316 g/mol. The van der Waals surface area contributed by atoms with Gasteiger partial charge in [-0.25, -0.2) is 4.98 Å². The number of nitrogens with zero attached hydrogens (tertiary/aromatic N) is 3. The summed E-state index contributed by atoms with van der Waals surface area (Å²) in [6, 6.07) is 5.98. The van der Waals surface area contributed by atoms with Crippen LogP contribution in [0.5, 0.6) is 0 Å². The summed E-state index contributed by atoms with van der Waals surface area (Å²) in [5.41, 5.74) is -0.0850.